The third-order valence-electron chi connectivity index (χ3n) is 1.87. The Morgan fingerprint density at radius 2 is 2.27 bits per heavy atom. The van der Waals surface area contributed by atoms with Crippen molar-refractivity contribution in [3.8, 4) is 17.1 Å². The second-order valence-electron chi connectivity index (χ2n) is 2.85. The molecule has 1 heterocycles. The van der Waals surface area contributed by atoms with Crippen LogP contribution in [0.5, 0.6) is 5.75 Å². The Bertz CT molecular complexity index is 484. The van der Waals surface area contributed by atoms with Gasteiger partial charge in [-0.1, -0.05) is 11.2 Å². The van der Waals surface area contributed by atoms with E-state index in [1.165, 1.54) is 12.1 Å². The molecule has 15 heavy (non-hydrogen) atoms. The largest absolute Gasteiger partial charge is 0.504 e. The van der Waals surface area contributed by atoms with Gasteiger partial charge in [0.25, 0.3) is 0 Å². The number of hydrogen-bond donors (Lipinski definition) is 2. The lowest BCUT2D eigenvalue weighted by atomic mass is 10.2. The number of hydrogen-bond acceptors (Lipinski definition) is 5. The van der Waals surface area contributed by atoms with Crippen molar-refractivity contribution in [2.45, 2.75) is 6.54 Å². The first-order chi connectivity index (χ1) is 7.22. The van der Waals surface area contributed by atoms with Crippen molar-refractivity contribution in [3.63, 3.8) is 0 Å². The lowest BCUT2D eigenvalue weighted by Gasteiger charge is -1.99. The van der Waals surface area contributed by atoms with Gasteiger partial charge >= 0.3 is 0 Å². The van der Waals surface area contributed by atoms with Crippen molar-refractivity contribution in [1.29, 1.82) is 0 Å². The SMILES string of the molecule is NCc1nc(-c2cccc(F)c2O)no1. The summed E-state index contributed by atoms with van der Waals surface area (Å²) in [5, 5.41) is 13.0. The zero-order valence-electron chi connectivity index (χ0n) is 7.64. The van der Waals surface area contributed by atoms with Crippen LogP contribution >= 0.6 is 0 Å². The molecule has 0 spiro atoms. The second-order valence-corrected chi connectivity index (χ2v) is 2.85. The highest BCUT2D eigenvalue weighted by atomic mass is 19.1. The molecule has 6 heteroatoms. The molecule has 0 saturated carbocycles. The van der Waals surface area contributed by atoms with E-state index in [1.54, 1.807) is 0 Å². The Balaban J connectivity index is 2.49. The van der Waals surface area contributed by atoms with E-state index in [4.69, 9.17) is 10.3 Å². The van der Waals surface area contributed by atoms with E-state index in [9.17, 15) is 9.50 Å². The minimum Gasteiger partial charge on any atom is -0.504 e. The number of phenols is 1. The molecule has 1 aromatic heterocycles. The normalized spacial score (nSPS) is 10.5. The number of para-hydroxylation sites is 1. The fraction of sp³-hybridized carbons (Fsp3) is 0.111. The predicted molar refractivity (Wildman–Crippen MR) is 49.2 cm³/mol. The Morgan fingerprint density at radius 3 is 2.93 bits per heavy atom. The number of phenolic OH excluding ortho intramolecular Hbond substituents is 1. The smallest absolute Gasteiger partial charge is 0.240 e. The van der Waals surface area contributed by atoms with Gasteiger partial charge in [0, 0.05) is 0 Å². The van der Waals surface area contributed by atoms with Gasteiger partial charge in [0.1, 0.15) is 0 Å². The topological polar surface area (TPSA) is 85.2 Å². The molecule has 5 nitrogen and oxygen atoms in total. The van der Waals surface area contributed by atoms with E-state index in [0.29, 0.717) is 0 Å². The van der Waals surface area contributed by atoms with E-state index in [2.05, 4.69) is 10.1 Å². The lowest BCUT2D eigenvalue weighted by Crippen LogP contribution is -1.95. The van der Waals surface area contributed by atoms with E-state index in [1.807, 2.05) is 0 Å². The zero-order valence-corrected chi connectivity index (χ0v) is 7.64. The minimum atomic E-state index is -0.730. The van der Waals surface area contributed by atoms with Crippen molar-refractivity contribution in [3.05, 3.63) is 29.9 Å². The maximum Gasteiger partial charge on any atom is 0.240 e. The van der Waals surface area contributed by atoms with Gasteiger partial charge in [0.2, 0.25) is 11.7 Å². The standard InChI is InChI=1S/C9H8FN3O2/c10-6-3-1-2-5(8(6)14)9-12-7(4-11)15-13-9/h1-3,14H,4,11H2. The number of nitrogens with zero attached hydrogens (tertiary/aromatic N) is 2. The predicted octanol–water partition coefficient (Wildman–Crippen LogP) is 1.04. The first kappa shape index (κ1) is 9.60. The molecule has 0 fully saturated rings. The van der Waals surface area contributed by atoms with Crippen molar-refractivity contribution >= 4 is 0 Å². The molecule has 3 N–H and O–H groups in total. The van der Waals surface area contributed by atoms with Gasteiger partial charge in [-0.25, -0.2) is 4.39 Å². The monoisotopic (exact) mass is 209 g/mol. The summed E-state index contributed by atoms with van der Waals surface area (Å²) in [6, 6.07) is 4.08. The average molecular weight is 209 g/mol. The molecule has 1 aromatic carbocycles. The van der Waals surface area contributed by atoms with Crippen LogP contribution in [-0.2, 0) is 6.54 Å². The molecule has 2 rings (SSSR count). The summed E-state index contributed by atoms with van der Waals surface area (Å²) < 4.78 is 17.7. The molecule has 2 aromatic rings. The van der Waals surface area contributed by atoms with E-state index >= 15 is 0 Å². The first-order valence-electron chi connectivity index (χ1n) is 4.23. The summed E-state index contributed by atoms with van der Waals surface area (Å²) >= 11 is 0. The van der Waals surface area contributed by atoms with E-state index < -0.39 is 11.6 Å². The van der Waals surface area contributed by atoms with Crippen LogP contribution in [0.25, 0.3) is 11.4 Å². The maximum atomic E-state index is 13.0. The van der Waals surface area contributed by atoms with E-state index in [-0.39, 0.29) is 23.8 Å². The summed E-state index contributed by atoms with van der Waals surface area (Å²) in [5.41, 5.74) is 5.46. The van der Waals surface area contributed by atoms with Gasteiger partial charge < -0.3 is 15.4 Å². The third-order valence-corrected chi connectivity index (χ3v) is 1.87. The fourth-order valence-electron chi connectivity index (χ4n) is 1.14. The van der Waals surface area contributed by atoms with Crippen LogP contribution in [-0.4, -0.2) is 15.2 Å². The van der Waals surface area contributed by atoms with Crippen molar-refractivity contribution in [2.24, 2.45) is 5.73 Å². The van der Waals surface area contributed by atoms with E-state index in [0.717, 1.165) is 6.07 Å². The van der Waals surface area contributed by atoms with Crippen LogP contribution < -0.4 is 5.73 Å². The summed E-state index contributed by atoms with van der Waals surface area (Å²) in [7, 11) is 0. The molecule has 0 radical (unpaired) electrons. The molecular formula is C9H8FN3O2. The number of aromatic hydroxyl groups is 1. The number of rotatable bonds is 2. The van der Waals surface area contributed by atoms with Gasteiger partial charge in [0.15, 0.2) is 11.6 Å². The number of halogens is 1. The number of aromatic nitrogens is 2. The molecule has 78 valence electrons. The molecule has 0 unspecified atom stereocenters. The summed E-state index contributed by atoms with van der Waals surface area (Å²) in [6.07, 6.45) is 0. The molecule has 0 bridgehead atoms. The molecule has 0 aliphatic heterocycles. The Kier molecular flexibility index (Phi) is 2.34. The molecule has 0 atom stereocenters. The number of benzene rings is 1. The quantitative estimate of drug-likeness (QED) is 0.771. The number of nitrogens with two attached hydrogens (primary N) is 1. The molecular weight excluding hydrogens is 201 g/mol. The summed E-state index contributed by atoms with van der Waals surface area (Å²) in [6.45, 7) is 0.100. The molecule has 0 saturated heterocycles. The molecule has 0 aliphatic carbocycles. The Labute approximate surface area is 84.3 Å². The third kappa shape index (κ3) is 1.66. The zero-order chi connectivity index (χ0) is 10.8. The van der Waals surface area contributed by atoms with Crippen LogP contribution in [0.2, 0.25) is 0 Å². The van der Waals surface area contributed by atoms with Gasteiger partial charge in [0.05, 0.1) is 12.1 Å². The van der Waals surface area contributed by atoms with Crippen molar-refractivity contribution < 1.29 is 14.0 Å². The van der Waals surface area contributed by atoms with Crippen LogP contribution in [0.15, 0.2) is 22.7 Å². The van der Waals surface area contributed by atoms with Crippen LogP contribution in [0, 0.1) is 5.82 Å². The van der Waals surface area contributed by atoms with Crippen LogP contribution in [0.1, 0.15) is 5.89 Å². The molecule has 0 aliphatic rings. The highest BCUT2D eigenvalue weighted by molar-refractivity contribution is 5.63. The van der Waals surface area contributed by atoms with Crippen molar-refractivity contribution in [1.82, 2.24) is 10.1 Å². The summed E-state index contributed by atoms with van der Waals surface area (Å²) in [5.74, 6) is -0.880. The molecule has 0 amide bonds. The first-order valence-corrected chi connectivity index (χ1v) is 4.23. The highest BCUT2D eigenvalue weighted by Gasteiger charge is 2.13. The van der Waals surface area contributed by atoms with Gasteiger partial charge in [-0.15, -0.1) is 0 Å². The van der Waals surface area contributed by atoms with Crippen molar-refractivity contribution in [2.75, 3.05) is 0 Å². The average Bonchev–Trinajstić information content (AvgIpc) is 2.70. The van der Waals surface area contributed by atoms with Crippen LogP contribution in [0.4, 0.5) is 4.39 Å². The van der Waals surface area contributed by atoms with Gasteiger partial charge in [-0.05, 0) is 12.1 Å². The fourth-order valence-corrected chi connectivity index (χ4v) is 1.14. The summed E-state index contributed by atoms with van der Waals surface area (Å²) in [4.78, 5) is 3.87. The Hall–Kier alpha value is -1.95. The van der Waals surface area contributed by atoms with Gasteiger partial charge in [-0.3, -0.25) is 0 Å². The van der Waals surface area contributed by atoms with Crippen LogP contribution in [0.3, 0.4) is 0 Å². The maximum absolute atomic E-state index is 13.0. The van der Waals surface area contributed by atoms with Gasteiger partial charge in [-0.2, -0.15) is 4.98 Å². The second kappa shape index (κ2) is 3.66. The Morgan fingerprint density at radius 1 is 1.47 bits per heavy atom. The minimum absolute atomic E-state index is 0.100. The lowest BCUT2D eigenvalue weighted by molar-refractivity contribution is 0.380. The highest BCUT2D eigenvalue weighted by Crippen LogP contribution is 2.28.